The van der Waals surface area contributed by atoms with Crippen molar-refractivity contribution in [2.75, 3.05) is 6.54 Å². The van der Waals surface area contributed by atoms with Crippen LogP contribution in [0, 0.1) is 5.92 Å². The van der Waals surface area contributed by atoms with Crippen molar-refractivity contribution < 1.29 is 9.59 Å². The standard InChI is InChI=1S/C11H18N2O2/c1-8(14)11(6-12)13(9(2)15)7-10-4-3-5-10/h6,10H,3-5,7,12H2,1-2H3/b11-6+. The van der Waals surface area contributed by atoms with Crippen molar-refractivity contribution in [3.05, 3.63) is 11.9 Å². The van der Waals surface area contributed by atoms with Crippen LogP contribution in [-0.2, 0) is 9.59 Å². The van der Waals surface area contributed by atoms with E-state index in [9.17, 15) is 9.59 Å². The molecule has 0 atom stereocenters. The molecule has 15 heavy (non-hydrogen) atoms. The van der Waals surface area contributed by atoms with Crippen LogP contribution in [-0.4, -0.2) is 23.1 Å². The topological polar surface area (TPSA) is 63.4 Å². The van der Waals surface area contributed by atoms with Crippen molar-refractivity contribution >= 4 is 11.7 Å². The van der Waals surface area contributed by atoms with Crippen molar-refractivity contribution in [3.8, 4) is 0 Å². The van der Waals surface area contributed by atoms with Gasteiger partial charge in [-0.05, 0) is 18.8 Å². The minimum absolute atomic E-state index is 0.117. The van der Waals surface area contributed by atoms with E-state index in [4.69, 9.17) is 5.73 Å². The Labute approximate surface area is 90.1 Å². The van der Waals surface area contributed by atoms with E-state index < -0.39 is 0 Å². The maximum absolute atomic E-state index is 11.4. The molecule has 0 heterocycles. The Bertz CT molecular complexity index is 293. The third-order valence-electron chi connectivity index (χ3n) is 2.86. The molecular formula is C11H18N2O2. The second kappa shape index (κ2) is 4.96. The summed E-state index contributed by atoms with van der Waals surface area (Å²) in [6.45, 7) is 3.51. The summed E-state index contributed by atoms with van der Waals surface area (Å²) < 4.78 is 0. The van der Waals surface area contributed by atoms with E-state index in [-0.39, 0.29) is 11.7 Å². The van der Waals surface area contributed by atoms with E-state index >= 15 is 0 Å². The molecule has 1 saturated carbocycles. The van der Waals surface area contributed by atoms with Crippen molar-refractivity contribution in [2.24, 2.45) is 11.7 Å². The minimum atomic E-state index is -0.160. The number of nitrogens with zero attached hydrogens (tertiary/aromatic N) is 1. The number of hydrogen-bond acceptors (Lipinski definition) is 3. The molecular weight excluding hydrogens is 192 g/mol. The Morgan fingerprint density at radius 3 is 2.27 bits per heavy atom. The predicted molar refractivity (Wildman–Crippen MR) is 57.7 cm³/mol. The quantitative estimate of drug-likeness (QED) is 0.705. The maximum atomic E-state index is 11.4. The lowest BCUT2D eigenvalue weighted by Gasteiger charge is -2.32. The number of nitrogens with two attached hydrogens (primary N) is 1. The monoisotopic (exact) mass is 210 g/mol. The zero-order chi connectivity index (χ0) is 11.4. The molecule has 0 aromatic carbocycles. The lowest BCUT2D eigenvalue weighted by atomic mass is 9.85. The van der Waals surface area contributed by atoms with E-state index in [2.05, 4.69) is 0 Å². The molecule has 1 amide bonds. The molecule has 0 aromatic heterocycles. The molecule has 0 radical (unpaired) electrons. The molecule has 1 fully saturated rings. The van der Waals surface area contributed by atoms with Gasteiger partial charge in [-0.25, -0.2) is 0 Å². The Balaban J connectivity index is 2.71. The largest absolute Gasteiger partial charge is 0.403 e. The molecule has 1 aliphatic carbocycles. The van der Waals surface area contributed by atoms with Crippen molar-refractivity contribution in [2.45, 2.75) is 33.1 Å². The van der Waals surface area contributed by atoms with Crippen LogP contribution in [0.25, 0.3) is 0 Å². The van der Waals surface area contributed by atoms with Gasteiger partial charge in [-0.2, -0.15) is 0 Å². The van der Waals surface area contributed by atoms with Gasteiger partial charge in [0.15, 0.2) is 5.78 Å². The first-order chi connectivity index (χ1) is 7.06. The second-order valence-corrected chi connectivity index (χ2v) is 4.03. The summed E-state index contributed by atoms with van der Waals surface area (Å²) in [7, 11) is 0. The zero-order valence-electron chi connectivity index (χ0n) is 9.32. The molecule has 0 unspecified atom stereocenters. The smallest absolute Gasteiger partial charge is 0.224 e. The summed E-state index contributed by atoms with van der Waals surface area (Å²) in [5.41, 5.74) is 5.69. The molecule has 84 valence electrons. The van der Waals surface area contributed by atoms with E-state index in [1.165, 1.54) is 31.4 Å². The van der Waals surface area contributed by atoms with Gasteiger partial charge in [0.1, 0.15) is 5.70 Å². The normalized spacial score (nSPS) is 17.1. The summed E-state index contributed by atoms with van der Waals surface area (Å²) in [5, 5.41) is 0. The molecule has 0 aromatic rings. The Kier molecular flexibility index (Phi) is 3.88. The number of allylic oxidation sites excluding steroid dienone is 1. The summed E-state index contributed by atoms with van der Waals surface area (Å²) in [5.74, 6) is 0.254. The van der Waals surface area contributed by atoms with Crippen LogP contribution >= 0.6 is 0 Å². The lowest BCUT2D eigenvalue weighted by Crippen LogP contribution is -2.37. The second-order valence-electron chi connectivity index (χ2n) is 4.03. The minimum Gasteiger partial charge on any atom is -0.403 e. The molecule has 4 nitrogen and oxygen atoms in total. The highest BCUT2D eigenvalue weighted by molar-refractivity contribution is 5.96. The van der Waals surface area contributed by atoms with Crippen LogP contribution in [0.5, 0.6) is 0 Å². The van der Waals surface area contributed by atoms with E-state index in [1.807, 2.05) is 0 Å². The Morgan fingerprint density at radius 1 is 1.40 bits per heavy atom. The summed E-state index contributed by atoms with van der Waals surface area (Å²) in [6.07, 6.45) is 4.72. The molecule has 0 saturated heterocycles. The third-order valence-corrected chi connectivity index (χ3v) is 2.86. The van der Waals surface area contributed by atoms with E-state index in [1.54, 1.807) is 0 Å². The van der Waals surface area contributed by atoms with Gasteiger partial charge < -0.3 is 10.6 Å². The molecule has 1 aliphatic rings. The fourth-order valence-corrected chi connectivity index (χ4v) is 1.73. The third kappa shape index (κ3) is 2.81. The fourth-order valence-electron chi connectivity index (χ4n) is 1.73. The average Bonchev–Trinajstić information content (AvgIpc) is 2.07. The molecule has 0 bridgehead atoms. The van der Waals surface area contributed by atoms with Crippen LogP contribution in [0.1, 0.15) is 33.1 Å². The average molecular weight is 210 g/mol. The predicted octanol–water partition coefficient (Wildman–Crippen LogP) is 1.02. The highest BCUT2D eigenvalue weighted by Crippen LogP contribution is 2.28. The number of hydrogen-bond donors (Lipinski definition) is 1. The van der Waals surface area contributed by atoms with Gasteiger partial charge in [0.25, 0.3) is 0 Å². The number of carbonyl (C=O) groups excluding carboxylic acids is 2. The summed E-state index contributed by atoms with van der Waals surface area (Å²) >= 11 is 0. The van der Waals surface area contributed by atoms with E-state index in [0.29, 0.717) is 18.2 Å². The van der Waals surface area contributed by atoms with Crippen molar-refractivity contribution in [1.29, 1.82) is 0 Å². The van der Waals surface area contributed by atoms with Gasteiger partial charge in [-0.3, -0.25) is 9.59 Å². The number of amides is 1. The molecule has 1 rings (SSSR count). The Morgan fingerprint density at radius 2 is 2.00 bits per heavy atom. The highest BCUT2D eigenvalue weighted by atomic mass is 16.2. The lowest BCUT2D eigenvalue weighted by molar-refractivity contribution is -0.130. The summed E-state index contributed by atoms with van der Waals surface area (Å²) in [6, 6.07) is 0. The first kappa shape index (κ1) is 11.8. The van der Waals surface area contributed by atoms with Crippen molar-refractivity contribution in [1.82, 2.24) is 4.90 Å². The number of ketones is 1. The van der Waals surface area contributed by atoms with Crippen LogP contribution < -0.4 is 5.73 Å². The highest BCUT2D eigenvalue weighted by Gasteiger charge is 2.25. The van der Waals surface area contributed by atoms with Gasteiger partial charge in [-0.15, -0.1) is 0 Å². The molecule has 0 aliphatic heterocycles. The maximum Gasteiger partial charge on any atom is 0.224 e. The molecule has 0 spiro atoms. The van der Waals surface area contributed by atoms with Crippen LogP contribution in [0.3, 0.4) is 0 Å². The van der Waals surface area contributed by atoms with Gasteiger partial charge in [0, 0.05) is 26.6 Å². The van der Waals surface area contributed by atoms with Crippen LogP contribution in [0.2, 0.25) is 0 Å². The van der Waals surface area contributed by atoms with Crippen molar-refractivity contribution in [3.63, 3.8) is 0 Å². The van der Waals surface area contributed by atoms with Gasteiger partial charge in [-0.1, -0.05) is 6.42 Å². The fraction of sp³-hybridized carbons (Fsp3) is 0.636. The SMILES string of the molecule is CC(=O)/C(=C\N)N(CC1CCC1)C(C)=O. The first-order valence-corrected chi connectivity index (χ1v) is 5.27. The summed E-state index contributed by atoms with van der Waals surface area (Å²) in [4.78, 5) is 24.2. The van der Waals surface area contributed by atoms with E-state index in [0.717, 1.165) is 12.8 Å². The molecule has 2 N–H and O–H groups in total. The van der Waals surface area contributed by atoms with Crippen LogP contribution in [0.4, 0.5) is 0 Å². The number of rotatable bonds is 4. The molecule has 4 heteroatoms. The zero-order valence-corrected chi connectivity index (χ0v) is 9.32. The first-order valence-electron chi connectivity index (χ1n) is 5.27. The van der Waals surface area contributed by atoms with Crippen LogP contribution in [0.15, 0.2) is 11.9 Å². The van der Waals surface area contributed by atoms with Gasteiger partial charge in [0.05, 0.1) is 0 Å². The Hall–Kier alpha value is -1.32. The van der Waals surface area contributed by atoms with Gasteiger partial charge in [0.2, 0.25) is 5.91 Å². The number of carbonyl (C=O) groups is 2. The number of Topliss-reactive ketones (excluding diaryl/α,β-unsaturated/α-hetero) is 1. The van der Waals surface area contributed by atoms with Gasteiger partial charge >= 0.3 is 0 Å².